The van der Waals surface area contributed by atoms with E-state index < -0.39 is 0 Å². The van der Waals surface area contributed by atoms with Gasteiger partial charge in [-0.15, -0.1) is 0 Å². The van der Waals surface area contributed by atoms with Crippen molar-refractivity contribution in [3.05, 3.63) is 137 Å². The third-order valence-electron chi connectivity index (χ3n) is 9.69. The Balaban J connectivity index is 1.33. The number of aromatic nitrogens is 3. The fourth-order valence-corrected chi connectivity index (χ4v) is 7.57. The van der Waals surface area contributed by atoms with E-state index in [4.69, 9.17) is 6.57 Å². The lowest BCUT2D eigenvalue weighted by Crippen LogP contribution is -1.96. The molecule has 0 fully saturated rings. The maximum absolute atomic E-state index is 9.66. The summed E-state index contributed by atoms with van der Waals surface area (Å²) in [5.74, 6) is 0. The normalized spacial score (nSPS) is 11.4. The lowest BCUT2D eigenvalue weighted by Gasteiger charge is -2.10. The molecule has 9 rings (SSSR count). The van der Waals surface area contributed by atoms with E-state index in [0.29, 0.717) is 22.4 Å². The molecular weight excluding hydrogens is 603 g/mol. The Morgan fingerprint density at radius 2 is 0.857 bits per heavy atom. The van der Waals surface area contributed by atoms with E-state index in [1.807, 2.05) is 72.8 Å². The molecule has 0 unspecified atom stereocenters. The largest absolute Gasteiger partial charge is 0.341 e. The van der Waals surface area contributed by atoms with Gasteiger partial charge in [-0.3, -0.25) is 0 Å². The van der Waals surface area contributed by atoms with Crippen LogP contribution in [0.5, 0.6) is 0 Å². The average molecular weight is 626 g/mol. The van der Waals surface area contributed by atoms with E-state index in [2.05, 4.69) is 80.1 Å². The summed E-state index contributed by atoms with van der Waals surface area (Å²) < 4.78 is 6.75. The smallest absolute Gasteiger partial charge is 0.188 e. The van der Waals surface area contributed by atoms with Gasteiger partial charge in [-0.2, -0.15) is 15.8 Å². The van der Waals surface area contributed by atoms with Crippen LogP contribution in [0.1, 0.15) is 23.6 Å². The second kappa shape index (κ2) is 10.3. The Morgan fingerprint density at radius 3 is 1.24 bits per heavy atom. The van der Waals surface area contributed by atoms with Crippen molar-refractivity contribution in [3.63, 3.8) is 0 Å². The van der Waals surface area contributed by atoms with Crippen molar-refractivity contribution in [1.29, 1.82) is 15.8 Å². The zero-order valence-corrected chi connectivity index (χ0v) is 26.2. The molecule has 0 radical (unpaired) electrons. The van der Waals surface area contributed by atoms with Gasteiger partial charge in [0.2, 0.25) is 0 Å². The fourth-order valence-electron chi connectivity index (χ4n) is 7.57. The molecule has 0 spiro atoms. The highest BCUT2D eigenvalue weighted by Gasteiger charge is 2.19. The third kappa shape index (κ3) is 3.92. The summed E-state index contributed by atoms with van der Waals surface area (Å²) in [4.78, 5) is 3.67. The second-order valence-corrected chi connectivity index (χ2v) is 12.2. The lowest BCUT2D eigenvalue weighted by atomic mass is 10.1. The van der Waals surface area contributed by atoms with Gasteiger partial charge in [-0.1, -0.05) is 6.07 Å². The maximum Gasteiger partial charge on any atom is 0.188 e. The number of hydrogen-bond donors (Lipinski definition) is 0. The first-order chi connectivity index (χ1) is 24.0. The van der Waals surface area contributed by atoms with Gasteiger partial charge in [-0.25, -0.2) is 4.85 Å². The lowest BCUT2D eigenvalue weighted by molar-refractivity contribution is 0.827. The number of rotatable bonds is 3. The van der Waals surface area contributed by atoms with E-state index in [1.165, 1.54) is 0 Å². The minimum absolute atomic E-state index is 0.556. The molecule has 3 heterocycles. The van der Waals surface area contributed by atoms with E-state index in [1.54, 1.807) is 0 Å². The van der Waals surface area contributed by atoms with E-state index >= 15 is 0 Å². The van der Waals surface area contributed by atoms with Gasteiger partial charge in [0.15, 0.2) is 5.69 Å². The van der Waals surface area contributed by atoms with Crippen molar-refractivity contribution < 1.29 is 0 Å². The Labute approximate surface area is 280 Å². The van der Waals surface area contributed by atoms with Gasteiger partial charge in [0, 0.05) is 55.9 Å². The molecule has 6 aromatic carbocycles. The number of nitriles is 3. The molecular formula is C42H23N7. The Hall–Kier alpha value is -7.32. The van der Waals surface area contributed by atoms with Gasteiger partial charge in [-0.05, 0) is 115 Å². The molecule has 0 aliphatic heterocycles. The SMILES string of the molecule is [C-]#[N+]c1ccc2c(c1)c1cc(C#N)ccc1n2-c1ccc2c(c1)c1cc(-n3c4ccc(C#N)cc4c4cc(C#N)ccc43)ccc1n2CC. The van der Waals surface area contributed by atoms with Crippen LogP contribution in [0, 0.1) is 40.6 Å². The Morgan fingerprint density at radius 1 is 0.490 bits per heavy atom. The van der Waals surface area contributed by atoms with Crippen LogP contribution in [0.3, 0.4) is 0 Å². The quantitative estimate of drug-likeness (QED) is 0.183. The molecule has 7 nitrogen and oxygen atoms in total. The summed E-state index contributed by atoms with van der Waals surface area (Å²) in [5.41, 5.74) is 10.4. The summed E-state index contributed by atoms with van der Waals surface area (Å²) in [7, 11) is 0. The van der Waals surface area contributed by atoms with Gasteiger partial charge in [0.1, 0.15) is 0 Å². The van der Waals surface area contributed by atoms with Gasteiger partial charge in [0.05, 0.1) is 63.5 Å². The van der Waals surface area contributed by atoms with Crippen LogP contribution in [0.15, 0.2) is 109 Å². The second-order valence-electron chi connectivity index (χ2n) is 12.2. The monoisotopic (exact) mass is 625 g/mol. The highest BCUT2D eigenvalue weighted by atomic mass is 15.0. The highest BCUT2D eigenvalue weighted by Crippen LogP contribution is 2.39. The molecule has 0 aliphatic rings. The highest BCUT2D eigenvalue weighted by molar-refractivity contribution is 6.14. The molecule has 0 bridgehead atoms. The molecule has 7 heteroatoms. The van der Waals surface area contributed by atoms with Crippen molar-refractivity contribution in [2.45, 2.75) is 13.5 Å². The number of benzene rings is 6. The zero-order valence-electron chi connectivity index (χ0n) is 26.2. The van der Waals surface area contributed by atoms with Crippen LogP contribution in [-0.2, 0) is 6.54 Å². The van der Waals surface area contributed by atoms with Crippen molar-refractivity contribution in [3.8, 4) is 29.6 Å². The first-order valence-corrected chi connectivity index (χ1v) is 15.9. The molecule has 49 heavy (non-hydrogen) atoms. The van der Waals surface area contributed by atoms with E-state index in [9.17, 15) is 15.8 Å². The standard InChI is InChI=1S/C42H23N7/c1-3-47-37-14-8-29(48-39-10-4-25(22-43)16-31(39)32-17-26(23-44)5-11-40(32)48)20-35(37)36-21-30(9-15-38(36)47)49-41-12-6-27(24-45)18-33(41)34-19-28(46-2)7-13-42(34)49/h4-21H,3H2,1H3. The van der Waals surface area contributed by atoms with Crippen LogP contribution in [-0.4, -0.2) is 13.7 Å². The minimum atomic E-state index is 0.556. The van der Waals surface area contributed by atoms with Gasteiger partial charge < -0.3 is 13.7 Å². The number of hydrogen-bond acceptors (Lipinski definition) is 3. The number of fused-ring (bicyclic) bond motifs is 9. The van der Waals surface area contributed by atoms with Gasteiger partial charge >= 0.3 is 0 Å². The van der Waals surface area contributed by atoms with Crippen molar-refractivity contribution in [2.24, 2.45) is 0 Å². The summed E-state index contributed by atoms with van der Waals surface area (Å²) in [6.45, 7) is 10.5. The van der Waals surface area contributed by atoms with Crippen LogP contribution in [0.2, 0.25) is 0 Å². The fraction of sp³-hybridized carbons (Fsp3) is 0.0476. The molecule has 3 aromatic heterocycles. The topological polar surface area (TPSA) is 90.5 Å². The number of nitrogens with zero attached hydrogens (tertiary/aromatic N) is 7. The number of aryl methyl sites for hydroxylation is 1. The molecule has 0 N–H and O–H groups in total. The molecule has 0 saturated heterocycles. The average Bonchev–Trinajstić information content (AvgIpc) is 3.77. The maximum atomic E-state index is 9.66. The first kappa shape index (κ1) is 27.9. The van der Waals surface area contributed by atoms with Crippen LogP contribution >= 0.6 is 0 Å². The van der Waals surface area contributed by atoms with Crippen molar-refractivity contribution in [2.75, 3.05) is 0 Å². The molecule has 9 aromatic rings. The third-order valence-corrected chi connectivity index (χ3v) is 9.69. The summed E-state index contributed by atoms with van der Waals surface area (Å²) in [6.07, 6.45) is 0. The summed E-state index contributed by atoms with van der Waals surface area (Å²) in [5, 5.41) is 34.9. The van der Waals surface area contributed by atoms with Crippen LogP contribution in [0.25, 0.3) is 81.6 Å². The molecule has 0 atom stereocenters. The van der Waals surface area contributed by atoms with Crippen molar-refractivity contribution in [1.82, 2.24) is 13.7 Å². The predicted molar refractivity (Wildman–Crippen MR) is 194 cm³/mol. The van der Waals surface area contributed by atoms with Gasteiger partial charge in [0.25, 0.3) is 0 Å². The van der Waals surface area contributed by atoms with E-state index in [0.717, 1.165) is 83.3 Å². The Bertz CT molecular complexity index is 2740. The minimum Gasteiger partial charge on any atom is -0.341 e. The summed E-state index contributed by atoms with van der Waals surface area (Å²) >= 11 is 0. The molecule has 0 aliphatic carbocycles. The molecule has 0 saturated carbocycles. The molecule has 0 amide bonds. The zero-order chi connectivity index (χ0) is 33.4. The van der Waals surface area contributed by atoms with E-state index in [-0.39, 0.29) is 0 Å². The summed E-state index contributed by atoms with van der Waals surface area (Å²) in [6, 6.07) is 42.8. The van der Waals surface area contributed by atoms with Crippen LogP contribution in [0.4, 0.5) is 5.69 Å². The Kier molecular flexibility index (Phi) is 5.90. The van der Waals surface area contributed by atoms with Crippen LogP contribution < -0.4 is 0 Å². The predicted octanol–water partition coefficient (Wildman–Crippen LogP) is 10.2. The molecule has 226 valence electrons. The van der Waals surface area contributed by atoms with Crippen molar-refractivity contribution >= 4 is 71.1 Å². The first-order valence-electron chi connectivity index (χ1n) is 15.9.